The first-order chi connectivity index (χ1) is 4.00. The minimum Gasteiger partial charge on any atom is -0.160 e. The standard InChI is InChI=1S/2F2O2S/c2*1-5(2,3)4. The van der Waals surface area contributed by atoms with Crippen molar-refractivity contribution in [2.24, 2.45) is 0 Å². The van der Waals surface area contributed by atoms with E-state index in [9.17, 15) is 15.5 Å². The molecule has 10 heteroatoms. The maximum Gasteiger partial charge on any atom is 0.476 e. The summed E-state index contributed by atoms with van der Waals surface area (Å²) in [5.74, 6) is 0. The maximum absolute atomic E-state index is 9.99. The molecule has 0 aromatic carbocycles. The quantitative estimate of drug-likeness (QED) is 0.421. The van der Waals surface area contributed by atoms with Crippen LogP contribution in [-0.4, -0.2) is 16.8 Å². The zero-order valence-corrected chi connectivity index (χ0v) is 5.59. The van der Waals surface area contributed by atoms with Gasteiger partial charge in [-0.05, 0) is 0 Å². The molecule has 0 bridgehead atoms. The Balaban J connectivity index is 0. The van der Waals surface area contributed by atoms with Crippen LogP contribution in [0.2, 0.25) is 0 Å². The number of rotatable bonds is 0. The molecule has 0 spiro atoms. The van der Waals surface area contributed by atoms with Crippen molar-refractivity contribution in [3.8, 4) is 0 Å². The van der Waals surface area contributed by atoms with Gasteiger partial charge in [0.2, 0.25) is 0 Å². The number of halogens is 4. The monoisotopic (exact) mass is 204 g/mol. The molecule has 10 heavy (non-hydrogen) atoms. The summed E-state index contributed by atoms with van der Waals surface area (Å²) in [7, 11) is -11.3. The summed E-state index contributed by atoms with van der Waals surface area (Å²) < 4.78 is 73.2. The summed E-state index contributed by atoms with van der Waals surface area (Å²) in [4.78, 5) is 0. The van der Waals surface area contributed by atoms with Crippen LogP contribution in [0.1, 0.15) is 0 Å². The Morgan fingerprint density at radius 2 is 0.600 bits per heavy atom. The Morgan fingerprint density at radius 1 is 0.600 bits per heavy atom. The predicted octanol–water partition coefficient (Wildman–Crippen LogP) is 0.340. The number of hydrogen-bond donors (Lipinski definition) is 0. The van der Waals surface area contributed by atoms with Gasteiger partial charge in [0.15, 0.2) is 0 Å². The predicted molar refractivity (Wildman–Crippen MR) is 22.3 cm³/mol. The molecule has 0 aliphatic rings. The second kappa shape index (κ2) is 3.71. The summed E-state index contributed by atoms with van der Waals surface area (Å²) in [6.45, 7) is 0. The molecule has 0 rings (SSSR count). The molecule has 0 aromatic heterocycles. The second-order valence-corrected chi connectivity index (χ2v) is 2.27. The van der Waals surface area contributed by atoms with E-state index in [1.165, 1.54) is 0 Å². The van der Waals surface area contributed by atoms with Gasteiger partial charge in [0, 0.05) is 0 Å². The van der Waals surface area contributed by atoms with E-state index < -0.39 is 21.2 Å². The lowest BCUT2D eigenvalue weighted by atomic mass is 15.9. The van der Waals surface area contributed by atoms with Gasteiger partial charge in [0.05, 0.1) is 0 Å². The van der Waals surface area contributed by atoms with Crippen LogP contribution in [0.25, 0.3) is 0 Å². The summed E-state index contributed by atoms with van der Waals surface area (Å²) in [5.41, 5.74) is 0. The van der Waals surface area contributed by atoms with Gasteiger partial charge in [0.25, 0.3) is 0 Å². The highest BCUT2D eigenvalue weighted by molar-refractivity contribution is 7.81. The van der Waals surface area contributed by atoms with Crippen LogP contribution in [0, 0.1) is 0 Å². The fourth-order valence-corrected chi connectivity index (χ4v) is 0. The number of hydrogen-bond acceptors (Lipinski definition) is 4. The van der Waals surface area contributed by atoms with Gasteiger partial charge in [-0.2, -0.15) is 16.8 Å². The first kappa shape index (κ1) is 12.3. The van der Waals surface area contributed by atoms with Crippen molar-refractivity contribution in [2.45, 2.75) is 0 Å². The minimum absolute atomic E-state index is 5.67. The fraction of sp³-hybridized carbons (Fsp3) is 0. The molecule has 0 fully saturated rings. The molecule has 0 aromatic rings. The van der Waals surface area contributed by atoms with Crippen LogP contribution in [0.15, 0.2) is 0 Å². The first-order valence-corrected chi connectivity index (χ1v) is 3.85. The zero-order valence-electron chi connectivity index (χ0n) is 3.96. The molecule has 0 aliphatic heterocycles. The highest BCUT2D eigenvalue weighted by atomic mass is 32.3. The SMILES string of the molecule is O=S(=O)(F)F.O=S(=O)(F)F. The molecular formula is F4O4S2. The zero-order chi connectivity index (χ0) is 9.00. The van der Waals surface area contributed by atoms with Crippen LogP contribution in [0.4, 0.5) is 15.5 Å². The van der Waals surface area contributed by atoms with Crippen LogP contribution < -0.4 is 0 Å². The molecule has 0 radical (unpaired) electrons. The molecule has 0 saturated carbocycles. The van der Waals surface area contributed by atoms with Crippen LogP contribution >= 0.6 is 0 Å². The maximum atomic E-state index is 9.99. The molecule has 0 amide bonds. The Labute approximate surface area is 54.5 Å². The Bertz CT molecular complexity index is 212. The molecule has 0 unspecified atom stereocenters. The van der Waals surface area contributed by atoms with Crippen molar-refractivity contribution in [1.29, 1.82) is 0 Å². The third kappa shape index (κ3) is 2310. The summed E-state index contributed by atoms with van der Waals surface area (Å²) in [6.07, 6.45) is 0. The van der Waals surface area contributed by atoms with Crippen molar-refractivity contribution >= 4 is 21.2 Å². The van der Waals surface area contributed by atoms with E-state index in [2.05, 4.69) is 0 Å². The van der Waals surface area contributed by atoms with Crippen molar-refractivity contribution in [1.82, 2.24) is 0 Å². The van der Waals surface area contributed by atoms with Crippen molar-refractivity contribution < 1.29 is 32.4 Å². The van der Waals surface area contributed by atoms with Gasteiger partial charge in [0.1, 0.15) is 0 Å². The Hall–Kier alpha value is -0.380. The summed E-state index contributed by atoms with van der Waals surface area (Å²) >= 11 is 0. The third-order valence-electron chi connectivity index (χ3n) is 0. The van der Waals surface area contributed by atoms with Gasteiger partial charge in [-0.25, -0.2) is 0 Å². The molecule has 0 atom stereocenters. The van der Waals surface area contributed by atoms with Gasteiger partial charge in [-0.15, -0.1) is 0 Å². The first-order valence-electron chi connectivity index (χ1n) is 1.28. The molecule has 0 heterocycles. The molecule has 0 N–H and O–H groups in total. The fourth-order valence-electron chi connectivity index (χ4n) is 0. The van der Waals surface area contributed by atoms with E-state index in [0.717, 1.165) is 0 Å². The van der Waals surface area contributed by atoms with E-state index >= 15 is 0 Å². The van der Waals surface area contributed by atoms with Gasteiger partial charge in [-0.3, -0.25) is 0 Å². The molecule has 64 valence electrons. The topological polar surface area (TPSA) is 68.3 Å². The largest absolute Gasteiger partial charge is 0.476 e. The Kier molecular flexibility index (Phi) is 4.56. The minimum atomic E-state index is -5.67. The lowest BCUT2D eigenvalue weighted by Gasteiger charge is -1.57. The molecule has 0 saturated heterocycles. The van der Waals surface area contributed by atoms with E-state index in [1.54, 1.807) is 0 Å². The van der Waals surface area contributed by atoms with Crippen LogP contribution in [0.3, 0.4) is 0 Å². The highest BCUT2D eigenvalue weighted by Gasteiger charge is 1.95. The lowest BCUT2D eigenvalue weighted by Crippen LogP contribution is -1.69. The molecule has 0 aliphatic carbocycles. The highest BCUT2D eigenvalue weighted by Crippen LogP contribution is 1.86. The van der Waals surface area contributed by atoms with E-state index in [4.69, 9.17) is 16.8 Å². The Morgan fingerprint density at radius 3 is 0.600 bits per heavy atom. The van der Waals surface area contributed by atoms with Crippen LogP contribution in [0.5, 0.6) is 0 Å². The average Bonchev–Trinajstić information content (AvgIpc) is 1.12. The van der Waals surface area contributed by atoms with E-state index in [0.29, 0.717) is 0 Å². The molecular weight excluding hydrogens is 204 g/mol. The van der Waals surface area contributed by atoms with Gasteiger partial charge >= 0.3 is 21.2 Å². The van der Waals surface area contributed by atoms with Gasteiger partial charge in [-0.1, -0.05) is 15.5 Å². The summed E-state index contributed by atoms with van der Waals surface area (Å²) in [6, 6.07) is 0. The summed E-state index contributed by atoms with van der Waals surface area (Å²) in [5, 5.41) is 0. The third-order valence-corrected chi connectivity index (χ3v) is 0. The normalized spacial score (nSPS) is 11.6. The smallest absolute Gasteiger partial charge is 0.160 e. The average molecular weight is 204 g/mol. The molecule has 4 nitrogen and oxygen atoms in total. The second-order valence-electron chi connectivity index (χ2n) is 0.757. The van der Waals surface area contributed by atoms with Crippen molar-refractivity contribution in [3.63, 3.8) is 0 Å². The van der Waals surface area contributed by atoms with Gasteiger partial charge < -0.3 is 0 Å². The lowest BCUT2D eigenvalue weighted by molar-refractivity contribution is 0.498. The van der Waals surface area contributed by atoms with E-state index in [-0.39, 0.29) is 0 Å². The van der Waals surface area contributed by atoms with Crippen LogP contribution in [-0.2, 0) is 21.2 Å². The van der Waals surface area contributed by atoms with Crippen molar-refractivity contribution in [3.05, 3.63) is 0 Å². The van der Waals surface area contributed by atoms with E-state index in [1.807, 2.05) is 0 Å². The van der Waals surface area contributed by atoms with Crippen molar-refractivity contribution in [2.75, 3.05) is 0 Å².